The molecule has 0 radical (unpaired) electrons. The Labute approximate surface area is 123 Å². The van der Waals surface area contributed by atoms with Crippen LogP contribution in [0, 0.1) is 20.2 Å². The van der Waals surface area contributed by atoms with Crippen molar-refractivity contribution in [3.63, 3.8) is 0 Å². The predicted molar refractivity (Wildman–Crippen MR) is 72.8 cm³/mol. The van der Waals surface area contributed by atoms with Crippen molar-refractivity contribution in [3.8, 4) is 11.8 Å². The Balaban J connectivity index is 1.77. The fourth-order valence-electron chi connectivity index (χ4n) is 1.42. The second kappa shape index (κ2) is 6.92. The molecule has 2 heterocycles. The first kappa shape index (κ1) is 15.1. The maximum absolute atomic E-state index is 10.5. The van der Waals surface area contributed by atoms with E-state index in [1.807, 2.05) is 0 Å². The summed E-state index contributed by atoms with van der Waals surface area (Å²) in [7, 11) is 0. The fourth-order valence-corrected chi connectivity index (χ4v) is 1.42. The molecular formula is C12H10N4O6. The van der Waals surface area contributed by atoms with Crippen molar-refractivity contribution in [2.24, 2.45) is 0 Å². The lowest BCUT2D eigenvalue weighted by Crippen LogP contribution is -2.10. The van der Waals surface area contributed by atoms with E-state index < -0.39 is 9.85 Å². The van der Waals surface area contributed by atoms with Gasteiger partial charge in [0.05, 0.1) is 9.85 Å². The van der Waals surface area contributed by atoms with Gasteiger partial charge in [-0.1, -0.05) is 0 Å². The molecular weight excluding hydrogens is 296 g/mol. The summed E-state index contributed by atoms with van der Waals surface area (Å²) in [6, 6.07) is 5.31. The van der Waals surface area contributed by atoms with Crippen LogP contribution in [0.2, 0.25) is 0 Å². The molecule has 2 aromatic rings. The fraction of sp³-hybridized carbons (Fsp3) is 0.167. The van der Waals surface area contributed by atoms with Crippen molar-refractivity contribution in [1.82, 2.24) is 9.97 Å². The molecule has 0 spiro atoms. The van der Waals surface area contributed by atoms with Gasteiger partial charge in [-0.2, -0.15) is 0 Å². The molecule has 0 aromatic carbocycles. The number of hydrogen-bond acceptors (Lipinski definition) is 8. The monoisotopic (exact) mass is 306 g/mol. The first-order chi connectivity index (χ1) is 10.6. The van der Waals surface area contributed by atoms with Crippen LogP contribution < -0.4 is 9.47 Å². The number of aromatic nitrogens is 2. The zero-order valence-electron chi connectivity index (χ0n) is 11.1. The largest absolute Gasteiger partial charge is 0.474 e. The van der Waals surface area contributed by atoms with Crippen LogP contribution in [0.3, 0.4) is 0 Å². The molecule has 2 rings (SSSR count). The van der Waals surface area contributed by atoms with E-state index >= 15 is 0 Å². The summed E-state index contributed by atoms with van der Waals surface area (Å²) in [5.41, 5.74) is -0.252. The van der Waals surface area contributed by atoms with Crippen LogP contribution in [-0.2, 0) is 0 Å². The topological polar surface area (TPSA) is 131 Å². The lowest BCUT2D eigenvalue weighted by Gasteiger charge is -2.06. The smallest absolute Gasteiger partial charge is 0.287 e. The van der Waals surface area contributed by atoms with E-state index in [1.54, 1.807) is 0 Å². The van der Waals surface area contributed by atoms with Gasteiger partial charge in [-0.25, -0.2) is 9.97 Å². The zero-order chi connectivity index (χ0) is 15.9. The summed E-state index contributed by atoms with van der Waals surface area (Å²) in [6.07, 6.45) is 2.18. The normalized spacial score (nSPS) is 10.0. The molecule has 0 aliphatic rings. The van der Waals surface area contributed by atoms with Crippen molar-refractivity contribution in [3.05, 3.63) is 56.9 Å². The third kappa shape index (κ3) is 4.10. The minimum Gasteiger partial charge on any atom is -0.474 e. The van der Waals surface area contributed by atoms with Gasteiger partial charge >= 0.3 is 0 Å². The molecule has 22 heavy (non-hydrogen) atoms. The number of pyridine rings is 2. The Kier molecular flexibility index (Phi) is 4.75. The number of nitrogens with zero attached hydrogens (tertiary/aromatic N) is 4. The summed E-state index contributed by atoms with van der Waals surface area (Å²) < 4.78 is 10.5. The molecule has 2 aromatic heterocycles. The van der Waals surface area contributed by atoms with E-state index in [-0.39, 0.29) is 36.3 Å². The van der Waals surface area contributed by atoms with Crippen LogP contribution in [0.25, 0.3) is 0 Å². The van der Waals surface area contributed by atoms with Crippen molar-refractivity contribution in [2.75, 3.05) is 13.2 Å². The van der Waals surface area contributed by atoms with Gasteiger partial charge in [-0.05, 0) is 0 Å². The highest BCUT2D eigenvalue weighted by molar-refractivity contribution is 5.29. The molecule has 0 saturated carbocycles. The highest BCUT2D eigenvalue weighted by Crippen LogP contribution is 2.14. The third-order valence-corrected chi connectivity index (χ3v) is 2.45. The van der Waals surface area contributed by atoms with Crippen LogP contribution in [0.4, 0.5) is 11.4 Å². The van der Waals surface area contributed by atoms with E-state index in [1.165, 1.54) is 24.3 Å². The first-order valence-corrected chi connectivity index (χ1v) is 6.03. The third-order valence-electron chi connectivity index (χ3n) is 2.45. The highest BCUT2D eigenvalue weighted by Gasteiger charge is 2.07. The highest BCUT2D eigenvalue weighted by atomic mass is 16.6. The van der Waals surface area contributed by atoms with Gasteiger partial charge in [0.2, 0.25) is 11.8 Å². The van der Waals surface area contributed by atoms with Crippen LogP contribution in [0.1, 0.15) is 0 Å². The minimum absolute atomic E-state index is 0.126. The van der Waals surface area contributed by atoms with Crippen LogP contribution in [0.15, 0.2) is 36.7 Å². The maximum atomic E-state index is 10.5. The van der Waals surface area contributed by atoms with Crippen molar-refractivity contribution < 1.29 is 19.3 Å². The molecule has 0 aliphatic heterocycles. The number of hydrogen-bond donors (Lipinski definition) is 0. The number of nitro groups is 2. The van der Waals surface area contributed by atoms with Gasteiger partial charge < -0.3 is 9.47 Å². The first-order valence-electron chi connectivity index (χ1n) is 6.03. The Morgan fingerprint density at radius 3 is 1.50 bits per heavy atom. The minimum atomic E-state index is -0.555. The molecule has 0 bridgehead atoms. The molecule has 10 heteroatoms. The molecule has 114 valence electrons. The summed E-state index contributed by atoms with van der Waals surface area (Å²) >= 11 is 0. The Morgan fingerprint density at radius 1 is 0.818 bits per heavy atom. The average Bonchev–Trinajstić information content (AvgIpc) is 2.52. The molecule has 10 nitrogen and oxygen atoms in total. The molecule has 0 fully saturated rings. The quantitative estimate of drug-likeness (QED) is 0.429. The second-order valence-corrected chi connectivity index (χ2v) is 3.92. The van der Waals surface area contributed by atoms with E-state index in [2.05, 4.69) is 9.97 Å². The SMILES string of the molecule is O=[N+]([O-])c1ccc(OCCOc2ccc([N+](=O)[O-])cn2)nc1. The summed E-state index contributed by atoms with van der Waals surface area (Å²) in [6.45, 7) is 0.285. The molecule has 0 N–H and O–H groups in total. The van der Waals surface area contributed by atoms with E-state index in [9.17, 15) is 20.2 Å². The van der Waals surface area contributed by atoms with Crippen LogP contribution in [0.5, 0.6) is 11.8 Å². The molecule has 0 aliphatic carbocycles. The van der Waals surface area contributed by atoms with Crippen molar-refractivity contribution in [1.29, 1.82) is 0 Å². The lowest BCUT2D eigenvalue weighted by atomic mass is 10.4. The van der Waals surface area contributed by atoms with Gasteiger partial charge in [0.25, 0.3) is 11.4 Å². The number of ether oxygens (including phenoxy) is 2. The summed E-state index contributed by atoms with van der Waals surface area (Å²) in [4.78, 5) is 27.3. The maximum Gasteiger partial charge on any atom is 0.287 e. The van der Waals surface area contributed by atoms with Gasteiger partial charge in [0.15, 0.2) is 0 Å². The van der Waals surface area contributed by atoms with Gasteiger partial charge in [-0.15, -0.1) is 0 Å². The predicted octanol–water partition coefficient (Wildman–Crippen LogP) is 1.75. The van der Waals surface area contributed by atoms with Crippen LogP contribution in [-0.4, -0.2) is 33.0 Å². The molecule has 0 atom stereocenters. The molecule has 0 unspecified atom stereocenters. The van der Waals surface area contributed by atoms with E-state index in [0.29, 0.717) is 0 Å². The standard InChI is InChI=1S/C12H10N4O6/c17-15(18)9-1-3-11(13-7-9)21-5-6-22-12-4-2-10(8-14-12)16(19)20/h1-4,7-8H,5-6H2. The van der Waals surface area contributed by atoms with Gasteiger partial charge in [0, 0.05) is 24.3 Å². The molecule has 0 saturated heterocycles. The Morgan fingerprint density at radius 2 is 1.23 bits per heavy atom. The van der Waals surface area contributed by atoms with Crippen molar-refractivity contribution >= 4 is 11.4 Å². The second-order valence-electron chi connectivity index (χ2n) is 3.92. The average molecular weight is 306 g/mol. The Bertz CT molecular complexity index is 599. The van der Waals surface area contributed by atoms with Gasteiger partial charge in [0.1, 0.15) is 25.6 Å². The summed E-state index contributed by atoms with van der Waals surface area (Å²) in [5.74, 6) is 0.455. The molecule has 0 amide bonds. The summed E-state index contributed by atoms with van der Waals surface area (Å²) in [5, 5.41) is 20.9. The van der Waals surface area contributed by atoms with E-state index in [0.717, 1.165) is 12.4 Å². The Hall–Kier alpha value is -3.30. The van der Waals surface area contributed by atoms with E-state index in [4.69, 9.17) is 9.47 Å². The zero-order valence-corrected chi connectivity index (χ0v) is 11.1. The van der Waals surface area contributed by atoms with Gasteiger partial charge in [-0.3, -0.25) is 20.2 Å². The number of rotatable bonds is 7. The lowest BCUT2D eigenvalue weighted by molar-refractivity contribution is -0.385. The van der Waals surface area contributed by atoms with Crippen LogP contribution >= 0.6 is 0 Å². The van der Waals surface area contributed by atoms with Crippen molar-refractivity contribution in [2.45, 2.75) is 0 Å².